The number of thiazole rings is 1. The fourth-order valence-electron chi connectivity index (χ4n) is 1.51. The normalized spacial score (nSPS) is 10.8. The molecule has 1 N–H and O–H groups in total. The van der Waals surface area contributed by atoms with Crippen LogP contribution in [0.3, 0.4) is 0 Å². The Bertz CT molecular complexity index is 625. The minimum atomic E-state index is -0.252. The minimum absolute atomic E-state index is 0.230. The quantitative estimate of drug-likeness (QED) is 0.503. The lowest BCUT2D eigenvalue weighted by molar-refractivity contribution is -0.142. The molecule has 0 aliphatic heterocycles. The van der Waals surface area contributed by atoms with Crippen LogP contribution in [0.1, 0.15) is 17.4 Å². The zero-order chi connectivity index (χ0) is 15.1. The number of ether oxygens (including phenoxy) is 1. The molecule has 0 amide bonds. The largest absolute Gasteiger partial charge is 0.466 e. The molecule has 5 nitrogen and oxygen atoms in total. The van der Waals surface area contributed by atoms with Crippen molar-refractivity contribution in [2.75, 3.05) is 12.0 Å². The third-order valence-corrected chi connectivity index (χ3v) is 3.58. The Labute approximate surface area is 131 Å². The second-order valence-electron chi connectivity index (χ2n) is 4.04. The standard InChI is InChI=1S/C14H14ClN3O2S/c1-2-20-13(19)7-12-9-16-14(21-12)18-17-8-10-3-5-11(15)6-4-10/h3-6,8-9H,2,7H2,1H3,(H,16,18)/b17-8+. The molecule has 1 aromatic carbocycles. The van der Waals surface area contributed by atoms with Crippen molar-refractivity contribution in [2.45, 2.75) is 13.3 Å². The third-order valence-electron chi connectivity index (χ3n) is 2.42. The van der Waals surface area contributed by atoms with Crippen molar-refractivity contribution >= 4 is 40.3 Å². The molecular formula is C14H14ClN3O2S. The molecule has 0 saturated heterocycles. The van der Waals surface area contributed by atoms with Crippen LogP contribution in [0.25, 0.3) is 0 Å². The van der Waals surface area contributed by atoms with Crippen molar-refractivity contribution in [1.82, 2.24) is 4.98 Å². The van der Waals surface area contributed by atoms with Crippen LogP contribution in [-0.4, -0.2) is 23.8 Å². The zero-order valence-electron chi connectivity index (χ0n) is 11.4. The number of hydrogen-bond acceptors (Lipinski definition) is 6. The number of carbonyl (C=O) groups is 1. The van der Waals surface area contributed by atoms with E-state index in [4.69, 9.17) is 16.3 Å². The second kappa shape index (κ2) is 7.75. The molecular weight excluding hydrogens is 310 g/mol. The number of halogens is 1. The predicted octanol–water partition coefficient (Wildman–Crippen LogP) is 3.35. The number of esters is 1. The van der Waals surface area contributed by atoms with Gasteiger partial charge in [-0.05, 0) is 24.6 Å². The SMILES string of the molecule is CCOC(=O)Cc1cnc(N/N=C/c2ccc(Cl)cc2)s1. The van der Waals surface area contributed by atoms with Crippen molar-refractivity contribution in [3.05, 3.63) is 45.9 Å². The minimum Gasteiger partial charge on any atom is -0.466 e. The van der Waals surface area contributed by atoms with Crippen LogP contribution in [0.5, 0.6) is 0 Å². The van der Waals surface area contributed by atoms with Crippen molar-refractivity contribution in [3.8, 4) is 0 Å². The number of nitrogens with one attached hydrogen (secondary N) is 1. The summed E-state index contributed by atoms with van der Waals surface area (Å²) in [6, 6.07) is 7.32. The number of hydrazone groups is 1. The summed E-state index contributed by atoms with van der Waals surface area (Å²) in [5.41, 5.74) is 3.75. The summed E-state index contributed by atoms with van der Waals surface area (Å²) in [4.78, 5) is 16.3. The lowest BCUT2D eigenvalue weighted by atomic mass is 10.2. The number of aromatic nitrogens is 1. The van der Waals surface area contributed by atoms with Crippen LogP contribution in [0.2, 0.25) is 5.02 Å². The van der Waals surface area contributed by atoms with Gasteiger partial charge >= 0.3 is 5.97 Å². The van der Waals surface area contributed by atoms with E-state index in [1.165, 1.54) is 11.3 Å². The van der Waals surface area contributed by atoms with Crippen LogP contribution in [-0.2, 0) is 16.0 Å². The van der Waals surface area contributed by atoms with Crippen molar-refractivity contribution in [3.63, 3.8) is 0 Å². The van der Waals surface area contributed by atoms with Gasteiger partial charge in [-0.1, -0.05) is 35.1 Å². The van der Waals surface area contributed by atoms with Crippen molar-refractivity contribution in [2.24, 2.45) is 5.10 Å². The molecule has 0 atom stereocenters. The van der Waals surface area contributed by atoms with Gasteiger partial charge in [0.15, 0.2) is 0 Å². The maximum Gasteiger partial charge on any atom is 0.311 e. The lowest BCUT2D eigenvalue weighted by Gasteiger charge is -1.97. The van der Waals surface area contributed by atoms with E-state index in [1.807, 2.05) is 12.1 Å². The van der Waals surface area contributed by atoms with Gasteiger partial charge in [-0.2, -0.15) is 5.10 Å². The summed E-state index contributed by atoms with van der Waals surface area (Å²) in [7, 11) is 0. The number of nitrogens with zero attached hydrogens (tertiary/aromatic N) is 2. The van der Waals surface area contributed by atoms with Crippen LogP contribution in [0.15, 0.2) is 35.6 Å². The van der Waals surface area contributed by atoms with Crippen LogP contribution >= 0.6 is 22.9 Å². The van der Waals surface area contributed by atoms with Gasteiger partial charge in [-0.25, -0.2) is 4.98 Å². The van der Waals surface area contributed by atoms with E-state index in [0.29, 0.717) is 16.8 Å². The molecule has 0 saturated carbocycles. The fraction of sp³-hybridized carbons (Fsp3) is 0.214. The molecule has 0 aliphatic rings. The average molecular weight is 324 g/mol. The monoisotopic (exact) mass is 323 g/mol. The van der Waals surface area contributed by atoms with Crippen LogP contribution in [0.4, 0.5) is 5.13 Å². The third kappa shape index (κ3) is 5.17. The van der Waals surface area contributed by atoms with Gasteiger partial charge in [0.1, 0.15) is 0 Å². The first-order valence-corrected chi connectivity index (χ1v) is 7.52. The van der Waals surface area contributed by atoms with Gasteiger partial charge in [0, 0.05) is 16.1 Å². The Hall–Kier alpha value is -1.92. The predicted molar refractivity (Wildman–Crippen MR) is 85.1 cm³/mol. The highest BCUT2D eigenvalue weighted by Gasteiger charge is 2.07. The number of benzene rings is 1. The maximum atomic E-state index is 11.3. The van der Waals surface area contributed by atoms with Gasteiger partial charge < -0.3 is 4.74 Å². The van der Waals surface area contributed by atoms with E-state index in [-0.39, 0.29) is 12.4 Å². The molecule has 1 heterocycles. The van der Waals surface area contributed by atoms with E-state index in [0.717, 1.165) is 10.4 Å². The molecule has 2 rings (SSSR count). The Kier molecular flexibility index (Phi) is 5.71. The van der Waals surface area contributed by atoms with Gasteiger partial charge in [0.2, 0.25) is 5.13 Å². The molecule has 0 radical (unpaired) electrons. The van der Waals surface area contributed by atoms with Gasteiger partial charge in [0.25, 0.3) is 0 Å². The Morgan fingerprint density at radius 2 is 2.24 bits per heavy atom. The van der Waals surface area contributed by atoms with E-state index in [2.05, 4.69) is 15.5 Å². The summed E-state index contributed by atoms with van der Waals surface area (Å²) < 4.78 is 4.88. The second-order valence-corrected chi connectivity index (χ2v) is 5.59. The first-order chi connectivity index (χ1) is 10.2. The first-order valence-electron chi connectivity index (χ1n) is 6.32. The molecule has 0 unspecified atom stereocenters. The summed E-state index contributed by atoms with van der Waals surface area (Å²) in [6.45, 7) is 2.16. The first kappa shape index (κ1) is 15.5. The van der Waals surface area contributed by atoms with Gasteiger partial charge in [-0.15, -0.1) is 0 Å². The van der Waals surface area contributed by atoms with Crippen LogP contribution in [0, 0.1) is 0 Å². The summed E-state index contributed by atoms with van der Waals surface area (Å²) in [6.07, 6.45) is 3.54. The summed E-state index contributed by atoms with van der Waals surface area (Å²) in [5.74, 6) is -0.252. The Morgan fingerprint density at radius 1 is 1.48 bits per heavy atom. The molecule has 0 aliphatic carbocycles. The van der Waals surface area contributed by atoms with E-state index < -0.39 is 0 Å². The highest BCUT2D eigenvalue weighted by molar-refractivity contribution is 7.15. The molecule has 7 heteroatoms. The van der Waals surface area contributed by atoms with E-state index >= 15 is 0 Å². The summed E-state index contributed by atoms with van der Waals surface area (Å²) in [5, 5.41) is 5.39. The highest BCUT2D eigenvalue weighted by atomic mass is 35.5. The maximum absolute atomic E-state index is 11.3. The number of rotatable bonds is 6. The summed E-state index contributed by atoms with van der Waals surface area (Å²) >= 11 is 7.17. The van der Waals surface area contributed by atoms with Crippen molar-refractivity contribution < 1.29 is 9.53 Å². The molecule has 0 fully saturated rings. The molecule has 0 spiro atoms. The topological polar surface area (TPSA) is 63.6 Å². The molecule has 110 valence electrons. The lowest BCUT2D eigenvalue weighted by Crippen LogP contribution is -2.06. The number of hydrogen-bond donors (Lipinski definition) is 1. The van der Waals surface area contributed by atoms with E-state index in [9.17, 15) is 4.79 Å². The zero-order valence-corrected chi connectivity index (χ0v) is 12.9. The van der Waals surface area contributed by atoms with Gasteiger partial charge in [0.05, 0.1) is 19.2 Å². The average Bonchev–Trinajstić information content (AvgIpc) is 2.89. The Balaban J connectivity index is 1.87. The highest BCUT2D eigenvalue weighted by Crippen LogP contribution is 2.18. The number of anilines is 1. The van der Waals surface area contributed by atoms with E-state index in [1.54, 1.807) is 31.5 Å². The molecule has 1 aromatic heterocycles. The smallest absolute Gasteiger partial charge is 0.311 e. The fourth-order valence-corrected chi connectivity index (χ4v) is 2.38. The molecule has 2 aromatic rings. The molecule has 0 bridgehead atoms. The Morgan fingerprint density at radius 3 is 2.95 bits per heavy atom. The number of carbonyl (C=O) groups excluding carboxylic acids is 1. The van der Waals surface area contributed by atoms with Gasteiger partial charge in [-0.3, -0.25) is 10.2 Å². The van der Waals surface area contributed by atoms with Crippen LogP contribution < -0.4 is 5.43 Å². The molecule has 21 heavy (non-hydrogen) atoms. The van der Waals surface area contributed by atoms with Crippen molar-refractivity contribution in [1.29, 1.82) is 0 Å².